The molecule has 2 aliphatic rings. The van der Waals surface area contributed by atoms with E-state index in [1.165, 1.54) is 0 Å². The van der Waals surface area contributed by atoms with E-state index in [2.05, 4.69) is 10.3 Å². The van der Waals surface area contributed by atoms with Crippen molar-refractivity contribution in [1.29, 1.82) is 0 Å². The summed E-state index contributed by atoms with van der Waals surface area (Å²) in [6.07, 6.45) is 7.59. The minimum absolute atomic E-state index is 0.269. The molecule has 1 aromatic heterocycles. The van der Waals surface area contributed by atoms with Crippen molar-refractivity contribution in [2.24, 2.45) is 0 Å². The number of nitrogens with zero attached hydrogens (tertiary/aromatic N) is 1. The maximum absolute atomic E-state index is 11.5. The van der Waals surface area contributed by atoms with E-state index in [9.17, 15) is 9.90 Å². The van der Waals surface area contributed by atoms with E-state index in [0.29, 0.717) is 24.1 Å². The largest absolute Gasteiger partial charge is 0.480 e. The van der Waals surface area contributed by atoms with Crippen molar-refractivity contribution in [2.75, 3.05) is 0 Å². The van der Waals surface area contributed by atoms with E-state index in [0.717, 1.165) is 19.3 Å². The molecule has 2 N–H and O–H groups in total. The molecule has 3 rings (SSSR count). The first kappa shape index (κ1) is 12.0. The minimum atomic E-state index is -0.731. The average Bonchev–Trinajstić information content (AvgIpc) is 2.84. The topological polar surface area (TPSA) is 75.4 Å². The number of carbonyl (C=O) groups is 1. The Kier molecular flexibility index (Phi) is 3.07. The van der Waals surface area contributed by atoms with Gasteiger partial charge in [-0.15, -0.1) is 0 Å². The molecule has 0 amide bonds. The van der Waals surface area contributed by atoms with Crippen molar-refractivity contribution in [2.45, 2.75) is 54.2 Å². The van der Waals surface area contributed by atoms with E-state index < -0.39 is 11.5 Å². The number of oxazole rings is 1. The Balaban J connectivity index is 1.65. The molecule has 0 aliphatic heterocycles. The Morgan fingerprint density at radius 1 is 1.56 bits per heavy atom. The van der Waals surface area contributed by atoms with Crippen LogP contribution in [0.5, 0.6) is 0 Å². The molecule has 18 heavy (non-hydrogen) atoms. The summed E-state index contributed by atoms with van der Waals surface area (Å²) in [5.74, 6) is -0.718. The summed E-state index contributed by atoms with van der Waals surface area (Å²) < 4.78 is 5.20. The van der Waals surface area contributed by atoms with E-state index >= 15 is 0 Å². The molecule has 6 heteroatoms. The first-order valence-corrected chi connectivity index (χ1v) is 7.13. The molecule has 0 radical (unpaired) electrons. The standard InChI is InChI=1S/C12H16N2O3S/c15-10(16)12(14-8-1-2-8)4-3-9(7-12)18-11-13-5-6-17-11/h5-6,8-9,14H,1-4,7H2,(H,15,16). The zero-order valence-corrected chi connectivity index (χ0v) is 10.8. The number of nitrogens with one attached hydrogen (secondary N) is 1. The van der Waals surface area contributed by atoms with Gasteiger partial charge in [-0.05, 0) is 32.1 Å². The predicted octanol–water partition coefficient (Wildman–Crippen LogP) is 1.89. The summed E-state index contributed by atoms with van der Waals surface area (Å²) in [7, 11) is 0. The summed E-state index contributed by atoms with van der Waals surface area (Å²) in [6, 6.07) is 0.409. The third kappa shape index (κ3) is 2.40. The Bertz CT molecular complexity index is 433. The maximum Gasteiger partial charge on any atom is 0.323 e. The van der Waals surface area contributed by atoms with Crippen LogP contribution in [0.2, 0.25) is 0 Å². The van der Waals surface area contributed by atoms with E-state index in [1.54, 1.807) is 24.2 Å². The van der Waals surface area contributed by atoms with Gasteiger partial charge in [0, 0.05) is 11.3 Å². The molecule has 1 aromatic rings. The second-order valence-electron chi connectivity index (χ2n) is 5.09. The van der Waals surface area contributed by atoms with Gasteiger partial charge in [0.25, 0.3) is 5.22 Å². The number of aromatic nitrogens is 1. The van der Waals surface area contributed by atoms with Crippen molar-refractivity contribution in [3.05, 3.63) is 12.5 Å². The minimum Gasteiger partial charge on any atom is -0.480 e. The molecule has 0 aromatic carbocycles. The molecule has 1 heterocycles. The predicted molar refractivity (Wildman–Crippen MR) is 66.5 cm³/mol. The fourth-order valence-electron chi connectivity index (χ4n) is 2.52. The summed E-state index contributed by atoms with van der Waals surface area (Å²) in [4.78, 5) is 15.6. The molecule has 0 spiro atoms. The van der Waals surface area contributed by atoms with Crippen molar-refractivity contribution >= 4 is 17.7 Å². The molecular weight excluding hydrogens is 252 g/mol. The number of rotatable bonds is 5. The first-order valence-electron chi connectivity index (χ1n) is 6.25. The highest BCUT2D eigenvalue weighted by Crippen LogP contribution is 2.41. The Labute approximate surface area is 109 Å². The smallest absolute Gasteiger partial charge is 0.323 e. The molecule has 5 nitrogen and oxygen atoms in total. The van der Waals surface area contributed by atoms with Gasteiger partial charge in [-0.3, -0.25) is 10.1 Å². The number of carboxylic acid groups (broad SMARTS) is 1. The van der Waals surface area contributed by atoms with Crippen molar-refractivity contribution in [3.8, 4) is 0 Å². The summed E-state index contributed by atoms with van der Waals surface area (Å²) in [6.45, 7) is 0. The van der Waals surface area contributed by atoms with Crippen LogP contribution in [0.15, 0.2) is 22.1 Å². The zero-order valence-electron chi connectivity index (χ0n) is 9.96. The van der Waals surface area contributed by atoms with E-state index in [4.69, 9.17) is 4.42 Å². The SMILES string of the molecule is O=C(O)C1(NC2CC2)CCC(Sc2ncco2)C1. The lowest BCUT2D eigenvalue weighted by molar-refractivity contribution is -0.144. The second kappa shape index (κ2) is 4.59. The summed E-state index contributed by atoms with van der Waals surface area (Å²) in [5, 5.41) is 13.7. The number of carboxylic acids is 1. The zero-order chi connectivity index (χ0) is 12.6. The van der Waals surface area contributed by atoms with Crippen molar-refractivity contribution in [3.63, 3.8) is 0 Å². The Morgan fingerprint density at radius 2 is 2.39 bits per heavy atom. The summed E-state index contributed by atoms with van der Waals surface area (Å²) in [5.41, 5.74) is -0.731. The highest BCUT2D eigenvalue weighted by atomic mass is 32.2. The van der Waals surface area contributed by atoms with Crippen LogP contribution in [0, 0.1) is 0 Å². The fraction of sp³-hybridized carbons (Fsp3) is 0.667. The third-order valence-corrected chi connectivity index (χ3v) is 4.75. The Hall–Kier alpha value is -1.01. The second-order valence-corrected chi connectivity index (χ2v) is 6.34. The summed E-state index contributed by atoms with van der Waals surface area (Å²) >= 11 is 1.54. The number of aliphatic carboxylic acids is 1. The lowest BCUT2D eigenvalue weighted by Gasteiger charge is -2.25. The lowest BCUT2D eigenvalue weighted by atomic mass is 9.98. The van der Waals surface area contributed by atoms with Gasteiger partial charge in [0.2, 0.25) is 0 Å². The average molecular weight is 268 g/mol. The fourth-order valence-corrected chi connectivity index (χ4v) is 3.64. The lowest BCUT2D eigenvalue weighted by Crippen LogP contribution is -2.51. The van der Waals surface area contributed by atoms with Gasteiger partial charge in [-0.2, -0.15) is 0 Å². The molecule has 98 valence electrons. The number of hydrogen-bond donors (Lipinski definition) is 2. The first-order chi connectivity index (χ1) is 8.68. The molecule has 2 saturated carbocycles. The van der Waals surface area contributed by atoms with Crippen molar-refractivity contribution in [1.82, 2.24) is 10.3 Å². The normalized spacial score (nSPS) is 31.7. The number of thioether (sulfide) groups is 1. The molecule has 2 fully saturated rings. The molecule has 2 unspecified atom stereocenters. The third-order valence-electron chi connectivity index (χ3n) is 3.61. The van der Waals surface area contributed by atoms with E-state index in [1.807, 2.05) is 0 Å². The molecule has 0 saturated heterocycles. The van der Waals surface area contributed by atoms with Crippen LogP contribution < -0.4 is 5.32 Å². The quantitative estimate of drug-likeness (QED) is 0.849. The highest BCUT2D eigenvalue weighted by Gasteiger charge is 2.48. The molecule has 2 aliphatic carbocycles. The van der Waals surface area contributed by atoms with Crippen LogP contribution in [-0.4, -0.2) is 32.9 Å². The van der Waals surface area contributed by atoms with Gasteiger partial charge in [-0.25, -0.2) is 4.98 Å². The number of hydrogen-bond acceptors (Lipinski definition) is 5. The molecular formula is C12H16N2O3S. The molecule has 0 bridgehead atoms. The van der Waals surface area contributed by atoms with Crippen LogP contribution >= 0.6 is 11.8 Å². The van der Waals surface area contributed by atoms with Gasteiger partial charge in [0.05, 0.1) is 6.20 Å². The van der Waals surface area contributed by atoms with Crippen LogP contribution in [-0.2, 0) is 4.79 Å². The van der Waals surface area contributed by atoms with Gasteiger partial charge in [-0.1, -0.05) is 11.8 Å². The van der Waals surface area contributed by atoms with Gasteiger partial charge < -0.3 is 9.52 Å². The Morgan fingerprint density at radius 3 is 3.00 bits per heavy atom. The maximum atomic E-state index is 11.5. The van der Waals surface area contributed by atoms with Gasteiger partial charge >= 0.3 is 5.97 Å². The van der Waals surface area contributed by atoms with E-state index in [-0.39, 0.29) is 5.25 Å². The van der Waals surface area contributed by atoms with Gasteiger partial charge in [0.1, 0.15) is 11.8 Å². The van der Waals surface area contributed by atoms with Gasteiger partial charge in [0.15, 0.2) is 0 Å². The van der Waals surface area contributed by atoms with Crippen LogP contribution in [0.3, 0.4) is 0 Å². The van der Waals surface area contributed by atoms with Crippen LogP contribution in [0.4, 0.5) is 0 Å². The molecule has 2 atom stereocenters. The van der Waals surface area contributed by atoms with Crippen molar-refractivity contribution < 1.29 is 14.3 Å². The monoisotopic (exact) mass is 268 g/mol. The van der Waals surface area contributed by atoms with Crippen LogP contribution in [0.25, 0.3) is 0 Å². The highest BCUT2D eigenvalue weighted by molar-refractivity contribution is 7.99. The van der Waals surface area contributed by atoms with Crippen LogP contribution in [0.1, 0.15) is 32.1 Å².